The van der Waals surface area contributed by atoms with Crippen LogP contribution in [0.15, 0.2) is 35.8 Å². The third-order valence-corrected chi connectivity index (χ3v) is 5.21. The lowest BCUT2D eigenvalue weighted by Crippen LogP contribution is -2.25. The molecule has 0 unspecified atom stereocenters. The summed E-state index contributed by atoms with van der Waals surface area (Å²) in [4.78, 5) is 17.6. The van der Waals surface area contributed by atoms with Crippen molar-refractivity contribution in [3.8, 4) is 17.0 Å². The maximum Gasteiger partial charge on any atom is 0.220 e. The van der Waals surface area contributed by atoms with Crippen molar-refractivity contribution in [2.45, 2.75) is 33.1 Å². The van der Waals surface area contributed by atoms with E-state index in [0.717, 1.165) is 40.6 Å². The van der Waals surface area contributed by atoms with Crippen LogP contribution in [0.5, 0.6) is 5.75 Å². The lowest BCUT2D eigenvalue weighted by atomic mass is 10.1. The van der Waals surface area contributed by atoms with E-state index in [1.807, 2.05) is 30.5 Å². The summed E-state index contributed by atoms with van der Waals surface area (Å²) in [6.07, 6.45) is 4.27. The lowest BCUT2D eigenvalue weighted by Gasteiger charge is -2.06. The molecule has 0 spiro atoms. The number of hydrogen-bond acceptors (Lipinski definition) is 4. The van der Waals surface area contributed by atoms with Gasteiger partial charge in [-0.25, -0.2) is 4.98 Å². The van der Waals surface area contributed by atoms with E-state index < -0.39 is 0 Å². The van der Waals surface area contributed by atoms with Crippen molar-refractivity contribution in [2.75, 3.05) is 13.7 Å². The Morgan fingerprint density at radius 3 is 2.77 bits per heavy atom. The topological polar surface area (TPSA) is 55.6 Å². The van der Waals surface area contributed by atoms with E-state index in [1.54, 1.807) is 18.4 Å². The first-order valence-corrected chi connectivity index (χ1v) is 9.81. The predicted octanol–water partition coefficient (Wildman–Crippen LogP) is 4.17. The number of nitrogens with one attached hydrogen (secondary N) is 1. The van der Waals surface area contributed by atoms with Gasteiger partial charge in [0.25, 0.3) is 0 Å². The molecule has 0 aliphatic heterocycles. The molecule has 3 aromatic rings. The van der Waals surface area contributed by atoms with Crippen molar-refractivity contribution in [3.63, 3.8) is 0 Å². The lowest BCUT2D eigenvalue weighted by molar-refractivity contribution is -0.121. The number of nitrogens with zero attached hydrogens (tertiary/aromatic N) is 2. The number of amides is 1. The Hall–Kier alpha value is -2.34. The second-order valence-electron chi connectivity index (χ2n) is 6.77. The fourth-order valence-electron chi connectivity index (χ4n) is 2.74. The number of rotatable bonds is 8. The van der Waals surface area contributed by atoms with Crippen molar-refractivity contribution in [1.82, 2.24) is 14.7 Å². The van der Waals surface area contributed by atoms with Crippen LogP contribution in [-0.4, -0.2) is 28.9 Å². The van der Waals surface area contributed by atoms with Crippen LogP contribution in [0.1, 0.15) is 32.4 Å². The Balaban J connectivity index is 1.65. The van der Waals surface area contributed by atoms with Crippen LogP contribution in [0.25, 0.3) is 16.2 Å². The van der Waals surface area contributed by atoms with Crippen molar-refractivity contribution < 1.29 is 9.53 Å². The van der Waals surface area contributed by atoms with Crippen LogP contribution >= 0.6 is 11.3 Å². The molecule has 0 atom stereocenters. The standard InChI is InChI=1S/C20H25N3O2S/c1-14(2)10-11-21-19(24)9-6-16-13-26-20-22-18(12-23(16)20)15-4-7-17(25-3)8-5-15/h4-5,7-8,12-14H,6,9-11H2,1-3H3,(H,21,24). The van der Waals surface area contributed by atoms with E-state index in [0.29, 0.717) is 18.8 Å². The highest BCUT2D eigenvalue weighted by Crippen LogP contribution is 2.25. The van der Waals surface area contributed by atoms with Crippen LogP contribution in [0.4, 0.5) is 0 Å². The van der Waals surface area contributed by atoms with E-state index in [-0.39, 0.29) is 5.91 Å². The molecule has 0 saturated carbocycles. The molecule has 26 heavy (non-hydrogen) atoms. The van der Waals surface area contributed by atoms with Gasteiger partial charge < -0.3 is 10.1 Å². The van der Waals surface area contributed by atoms with E-state index >= 15 is 0 Å². The normalized spacial score (nSPS) is 11.2. The molecule has 2 aromatic heterocycles. The quantitative estimate of drug-likeness (QED) is 0.647. The van der Waals surface area contributed by atoms with E-state index in [9.17, 15) is 4.79 Å². The highest BCUT2D eigenvalue weighted by atomic mass is 32.1. The summed E-state index contributed by atoms with van der Waals surface area (Å²) in [6, 6.07) is 7.89. The van der Waals surface area contributed by atoms with Crippen molar-refractivity contribution in [2.24, 2.45) is 5.92 Å². The maximum absolute atomic E-state index is 12.0. The number of imidazole rings is 1. The van der Waals surface area contributed by atoms with Crippen LogP contribution in [0, 0.1) is 5.92 Å². The molecular formula is C20H25N3O2S. The molecule has 1 N–H and O–H groups in total. The van der Waals surface area contributed by atoms with E-state index in [2.05, 4.69) is 28.9 Å². The Morgan fingerprint density at radius 1 is 1.31 bits per heavy atom. The number of hydrogen-bond donors (Lipinski definition) is 1. The first kappa shape index (κ1) is 18.5. The first-order valence-electron chi connectivity index (χ1n) is 8.93. The number of thiazole rings is 1. The largest absolute Gasteiger partial charge is 0.497 e. The van der Waals surface area contributed by atoms with Gasteiger partial charge in [0, 0.05) is 35.8 Å². The van der Waals surface area contributed by atoms with Crippen LogP contribution in [0.2, 0.25) is 0 Å². The highest BCUT2D eigenvalue weighted by molar-refractivity contribution is 7.15. The third-order valence-electron chi connectivity index (χ3n) is 4.32. The molecule has 0 saturated heterocycles. The van der Waals surface area contributed by atoms with Gasteiger partial charge in [-0.2, -0.15) is 0 Å². The number of aryl methyl sites for hydroxylation is 1. The summed E-state index contributed by atoms with van der Waals surface area (Å²) >= 11 is 1.61. The second kappa shape index (κ2) is 8.36. The smallest absolute Gasteiger partial charge is 0.220 e. The fourth-order valence-corrected chi connectivity index (χ4v) is 3.65. The summed E-state index contributed by atoms with van der Waals surface area (Å²) in [5, 5.41) is 5.08. The SMILES string of the molecule is COc1ccc(-c2cn3c(CCC(=O)NCCC(C)C)csc3n2)cc1. The van der Waals surface area contributed by atoms with Gasteiger partial charge in [0.15, 0.2) is 4.96 Å². The Labute approximate surface area is 158 Å². The number of methoxy groups -OCH3 is 1. The van der Waals surface area contributed by atoms with E-state index in [1.165, 1.54) is 0 Å². The first-order chi connectivity index (χ1) is 12.6. The number of ether oxygens (including phenoxy) is 1. The third kappa shape index (κ3) is 4.43. The molecule has 138 valence electrons. The van der Waals surface area contributed by atoms with Gasteiger partial charge in [-0.1, -0.05) is 13.8 Å². The molecular weight excluding hydrogens is 346 g/mol. The van der Waals surface area contributed by atoms with Crippen LogP contribution < -0.4 is 10.1 Å². The monoisotopic (exact) mass is 371 g/mol. The molecule has 0 fully saturated rings. The van der Waals surface area contributed by atoms with Gasteiger partial charge in [0.1, 0.15) is 5.75 Å². The van der Waals surface area contributed by atoms with Gasteiger partial charge in [0.05, 0.1) is 12.8 Å². The highest BCUT2D eigenvalue weighted by Gasteiger charge is 2.11. The van der Waals surface area contributed by atoms with Gasteiger partial charge in [-0.15, -0.1) is 11.3 Å². The molecule has 2 heterocycles. The van der Waals surface area contributed by atoms with Gasteiger partial charge in [-0.3, -0.25) is 9.20 Å². The number of fused-ring (bicyclic) bond motifs is 1. The molecule has 1 aromatic carbocycles. The average molecular weight is 372 g/mol. The van der Waals surface area contributed by atoms with Crippen molar-refractivity contribution in [3.05, 3.63) is 41.5 Å². The maximum atomic E-state index is 12.0. The predicted molar refractivity (Wildman–Crippen MR) is 106 cm³/mol. The molecule has 0 aliphatic rings. The zero-order valence-electron chi connectivity index (χ0n) is 15.5. The summed E-state index contributed by atoms with van der Waals surface area (Å²) in [6.45, 7) is 5.07. The Morgan fingerprint density at radius 2 is 2.08 bits per heavy atom. The molecule has 0 radical (unpaired) electrons. The number of carbonyl (C=O) groups excluding carboxylic acids is 1. The molecule has 1 amide bonds. The summed E-state index contributed by atoms with van der Waals surface area (Å²) < 4.78 is 7.29. The summed E-state index contributed by atoms with van der Waals surface area (Å²) in [5.74, 6) is 1.55. The summed E-state index contributed by atoms with van der Waals surface area (Å²) in [5.41, 5.74) is 3.11. The molecule has 0 bridgehead atoms. The van der Waals surface area contributed by atoms with E-state index in [4.69, 9.17) is 9.72 Å². The van der Waals surface area contributed by atoms with Gasteiger partial charge in [-0.05, 0) is 43.0 Å². The minimum atomic E-state index is 0.112. The fraction of sp³-hybridized carbons (Fsp3) is 0.400. The Bertz CT molecular complexity index is 865. The zero-order valence-corrected chi connectivity index (χ0v) is 16.3. The van der Waals surface area contributed by atoms with Gasteiger partial charge >= 0.3 is 0 Å². The average Bonchev–Trinajstić information content (AvgIpc) is 3.21. The molecule has 5 nitrogen and oxygen atoms in total. The van der Waals surface area contributed by atoms with Gasteiger partial charge in [0.2, 0.25) is 5.91 Å². The molecule has 3 rings (SSSR count). The van der Waals surface area contributed by atoms with Crippen LogP contribution in [0.3, 0.4) is 0 Å². The number of benzene rings is 1. The minimum Gasteiger partial charge on any atom is -0.497 e. The van der Waals surface area contributed by atoms with Crippen LogP contribution in [-0.2, 0) is 11.2 Å². The number of carbonyl (C=O) groups is 1. The molecule has 6 heteroatoms. The minimum absolute atomic E-state index is 0.112. The summed E-state index contributed by atoms with van der Waals surface area (Å²) in [7, 11) is 1.66. The number of aromatic nitrogens is 2. The van der Waals surface area contributed by atoms with Crippen molar-refractivity contribution >= 4 is 22.2 Å². The second-order valence-corrected chi connectivity index (χ2v) is 7.60. The molecule has 0 aliphatic carbocycles. The zero-order chi connectivity index (χ0) is 18.5. The van der Waals surface area contributed by atoms with Crippen molar-refractivity contribution in [1.29, 1.82) is 0 Å². The Kier molecular flexibility index (Phi) is 5.93.